The number of hydrogen-bond donors (Lipinski definition) is 1. The molecule has 20 heavy (non-hydrogen) atoms. The second-order valence-corrected chi connectivity index (χ2v) is 3.85. The van der Waals surface area contributed by atoms with Crippen molar-refractivity contribution in [3.05, 3.63) is 42.1 Å². The number of esters is 1. The van der Waals surface area contributed by atoms with Crippen molar-refractivity contribution in [3.63, 3.8) is 0 Å². The summed E-state index contributed by atoms with van der Waals surface area (Å²) in [5.74, 6) is 0.534. The van der Waals surface area contributed by atoms with Gasteiger partial charge in [-0.05, 0) is 24.3 Å². The first kappa shape index (κ1) is 13.7. The molecule has 6 nitrogen and oxygen atoms in total. The van der Waals surface area contributed by atoms with Crippen molar-refractivity contribution in [3.8, 4) is 17.4 Å². The average Bonchev–Trinajstić information content (AvgIpc) is 2.49. The fraction of sp³-hybridized carbons (Fsp3) is 0.143. The predicted molar refractivity (Wildman–Crippen MR) is 73.1 cm³/mol. The molecule has 0 saturated carbocycles. The molecule has 2 rings (SSSR count). The van der Waals surface area contributed by atoms with Gasteiger partial charge in [0.2, 0.25) is 5.88 Å². The zero-order valence-corrected chi connectivity index (χ0v) is 11.1. The third-order valence-corrected chi connectivity index (χ3v) is 2.60. The molecule has 0 aliphatic carbocycles. The fourth-order valence-electron chi connectivity index (χ4n) is 1.57. The number of carbonyl (C=O) groups is 1. The Bertz CT molecular complexity index is 628. The molecule has 0 radical (unpaired) electrons. The number of nitrogens with zero attached hydrogens (tertiary/aromatic N) is 1. The van der Waals surface area contributed by atoms with Crippen LogP contribution in [0.5, 0.6) is 17.4 Å². The Morgan fingerprint density at radius 3 is 2.75 bits per heavy atom. The third kappa shape index (κ3) is 2.80. The van der Waals surface area contributed by atoms with Crippen molar-refractivity contribution < 1.29 is 19.0 Å². The number of carbonyl (C=O) groups excluding carboxylic acids is 1. The number of nitrogen functional groups attached to an aromatic ring is 1. The van der Waals surface area contributed by atoms with Gasteiger partial charge in [-0.3, -0.25) is 0 Å². The number of benzene rings is 1. The van der Waals surface area contributed by atoms with Crippen LogP contribution in [0.3, 0.4) is 0 Å². The minimum absolute atomic E-state index is 0.124. The van der Waals surface area contributed by atoms with Gasteiger partial charge in [0.25, 0.3) is 0 Å². The van der Waals surface area contributed by atoms with E-state index in [1.165, 1.54) is 20.4 Å². The van der Waals surface area contributed by atoms with E-state index in [0.717, 1.165) is 0 Å². The van der Waals surface area contributed by atoms with Gasteiger partial charge in [0, 0.05) is 12.3 Å². The Balaban J connectivity index is 2.37. The van der Waals surface area contributed by atoms with Gasteiger partial charge in [-0.2, -0.15) is 0 Å². The number of anilines is 1. The smallest absolute Gasteiger partial charge is 0.343 e. The number of nitrogens with two attached hydrogens (primary N) is 1. The molecule has 6 heteroatoms. The van der Waals surface area contributed by atoms with Crippen LogP contribution in [0.15, 0.2) is 36.5 Å². The molecule has 104 valence electrons. The number of aromatic nitrogens is 1. The van der Waals surface area contributed by atoms with Crippen LogP contribution in [0, 0.1) is 0 Å². The summed E-state index contributed by atoms with van der Waals surface area (Å²) in [4.78, 5) is 15.7. The second-order valence-electron chi connectivity index (χ2n) is 3.85. The Kier molecular flexibility index (Phi) is 4.05. The zero-order chi connectivity index (χ0) is 14.5. The molecule has 0 fully saturated rings. The summed E-state index contributed by atoms with van der Waals surface area (Å²) in [7, 11) is 2.83. The van der Waals surface area contributed by atoms with Crippen molar-refractivity contribution in [2.24, 2.45) is 0 Å². The molecule has 0 aliphatic rings. The van der Waals surface area contributed by atoms with Gasteiger partial charge in [-0.1, -0.05) is 0 Å². The van der Waals surface area contributed by atoms with Crippen molar-refractivity contribution in [1.29, 1.82) is 0 Å². The van der Waals surface area contributed by atoms with Gasteiger partial charge in [0.1, 0.15) is 11.3 Å². The summed E-state index contributed by atoms with van der Waals surface area (Å²) in [5, 5.41) is 0. The molecular weight excluding hydrogens is 260 g/mol. The summed E-state index contributed by atoms with van der Waals surface area (Å²) >= 11 is 0. The van der Waals surface area contributed by atoms with Crippen LogP contribution >= 0.6 is 0 Å². The van der Waals surface area contributed by atoms with Crippen LogP contribution in [0.1, 0.15) is 10.4 Å². The Labute approximate surface area is 116 Å². The molecule has 0 saturated heterocycles. The molecule has 0 atom stereocenters. The number of ether oxygens (including phenoxy) is 3. The zero-order valence-electron chi connectivity index (χ0n) is 11.1. The molecule has 1 heterocycles. The van der Waals surface area contributed by atoms with Crippen molar-refractivity contribution in [2.45, 2.75) is 0 Å². The molecule has 0 spiro atoms. The third-order valence-electron chi connectivity index (χ3n) is 2.60. The van der Waals surface area contributed by atoms with Gasteiger partial charge >= 0.3 is 5.97 Å². The topological polar surface area (TPSA) is 83.7 Å². The second kappa shape index (κ2) is 5.92. The molecule has 0 bridgehead atoms. The molecule has 1 aromatic heterocycles. The van der Waals surface area contributed by atoms with Gasteiger partial charge in [0.15, 0.2) is 5.75 Å². The van der Waals surface area contributed by atoms with Crippen molar-refractivity contribution >= 4 is 11.7 Å². The van der Waals surface area contributed by atoms with Gasteiger partial charge < -0.3 is 19.9 Å². The van der Waals surface area contributed by atoms with Crippen LogP contribution < -0.4 is 15.2 Å². The minimum atomic E-state index is -0.533. The van der Waals surface area contributed by atoms with Crippen molar-refractivity contribution in [2.75, 3.05) is 20.0 Å². The van der Waals surface area contributed by atoms with E-state index >= 15 is 0 Å². The van der Waals surface area contributed by atoms with Gasteiger partial charge in [0.05, 0.1) is 19.9 Å². The Morgan fingerprint density at radius 2 is 2.05 bits per heavy atom. The standard InChI is InChI=1S/C14H14N2O4/c1-18-9-5-6-11(15)12(8-9)20-13-10(14(17)19-2)4-3-7-16-13/h3-8H,15H2,1-2H3. The van der Waals surface area contributed by atoms with E-state index < -0.39 is 5.97 Å². The van der Waals surface area contributed by atoms with Crippen LogP contribution in [-0.2, 0) is 4.74 Å². The molecular formula is C14H14N2O4. The maximum Gasteiger partial charge on any atom is 0.343 e. The molecule has 0 aliphatic heterocycles. The number of pyridine rings is 1. The monoisotopic (exact) mass is 274 g/mol. The van der Waals surface area contributed by atoms with Crippen LogP contribution in [0.25, 0.3) is 0 Å². The lowest BCUT2D eigenvalue weighted by molar-refractivity contribution is 0.0597. The Hall–Kier alpha value is -2.76. The number of rotatable bonds is 4. The molecule has 2 N–H and O–H groups in total. The highest BCUT2D eigenvalue weighted by atomic mass is 16.5. The SMILES string of the molecule is COC(=O)c1cccnc1Oc1cc(OC)ccc1N. The quantitative estimate of drug-likeness (QED) is 0.680. The average molecular weight is 274 g/mol. The first-order chi connectivity index (χ1) is 9.65. The highest BCUT2D eigenvalue weighted by Gasteiger charge is 2.15. The van der Waals surface area contributed by atoms with E-state index in [1.807, 2.05) is 0 Å². The van der Waals surface area contributed by atoms with Crippen LogP contribution in [-0.4, -0.2) is 25.2 Å². The summed E-state index contributed by atoms with van der Waals surface area (Å²) in [5.41, 5.74) is 6.46. The summed E-state index contributed by atoms with van der Waals surface area (Å²) in [6.45, 7) is 0. The summed E-state index contributed by atoms with van der Waals surface area (Å²) < 4.78 is 15.4. The van der Waals surface area contributed by atoms with E-state index in [1.54, 1.807) is 30.3 Å². The molecule has 0 unspecified atom stereocenters. The molecule has 0 amide bonds. The minimum Gasteiger partial charge on any atom is -0.497 e. The highest BCUT2D eigenvalue weighted by molar-refractivity contribution is 5.91. The largest absolute Gasteiger partial charge is 0.497 e. The maximum absolute atomic E-state index is 11.6. The normalized spacial score (nSPS) is 9.90. The lowest BCUT2D eigenvalue weighted by Gasteiger charge is -2.11. The number of hydrogen-bond acceptors (Lipinski definition) is 6. The van der Waals surface area contributed by atoms with Gasteiger partial charge in [-0.15, -0.1) is 0 Å². The van der Waals surface area contributed by atoms with Crippen molar-refractivity contribution in [1.82, 2.24) is 4.98 Å². The number of methoxy groups -OCH3 is 2. The van der Waals surface area contributed by atoms with E-state index in [0.29, 0.717) is 17.2 Å². The van der Waals surface area contributed by atoms with Gasteiger partial charge in [-0.25, -0.2) is 9.78 Å². The Morgan fingerprint density at radius 1 is 1.25 bits per heavy atom. The summed E-state index contributed by atoms with van der Waals surface area (Å²) in [6.07, 6.45) is 1.51. The van der Waals surface area contributed by atoms with Crippen LogP contribution in [0.2, 0.25) is 0 Å². The van der Waals surface area contributed by atoms with E-state index in [-0.39, 0.29) is 11.4 Å². The molecule has 2 aromatic rings. The maximum atomic E-state index is 11.6. The predicted octanol–water partition coefficient (Wildman–Crippen LogP) is 2.25. The van der Waals surface area contributed by atoms with Crippen LogP contribution in [0.4, 0.5) is 5.69 Å². The lowest BCUT2D eigenvalue weighted by Crippen LogP contribution is -2.05. The van der Waals surface area contributed by atoms with E-state index in [9.17, 15) is 4.79 Å². The van der Waals surface area contributed by atoms with E-state index in [2.05, 4.69) is 9.72 Å². The lowest BCUT2D eigenvalue weighted by atomic mass is 10.2. The van der Waals surface area contributed by atoms with E-state index in [4.69, 9.17) is 15.2 Å². The fourth-order valence-corrected chi connectivity index (χ4v) is 1.57. The first-order valence-corrected chi connectivity index (χ1v) is 5.80. The highest BCUT2D eigenvalue weighted by Crippen LogP contribution is 2.31. The first-order valence-electron chi connectivity index (χ1n) is 5.80. The summed E-state index contributed by atoms with van der Waals surface area (Å²) in [6, 6.07) is 8.15. The molecule has 1 aromatic carbocycles.